The maximum Gasteiger partial charge on any atom is 0.165 e. The van der Waals surface area contributed by atoms with Crippen LogP contribution in [0.25, 0.3) is 109 Å². The van der Waals surface area contributed by atoms with Gasteiger partial charge in [-0.15, -0.1) is 11.3 Å². The van der Waals surface area contributed by atoms with Crippen LogP contribution in [0.4, 0.5) is 0 Å². The Hall–Kier alpha value is -6.24. The number of furan rings is 1. The Morgan fingerprint density at radius 1 is 0.458 bits per heavy atom. The number of benzene rings is 6. The van der Waals surface area contributed by atoms with Gasteiger partial charge in [0.1, 0.15) is 11.2 Å². The van der Waals surface area contributed by atoms with Gasteiger partial charge in [0.05, 0.1) is 0 Å². The van der Waals surface area contributed by atoms with Crippen molar-refractivity contribution in [2.45, 2.75) is 0 Å². The number of pyridine rings is 1. The Morgan fingerprint density at radius 2 is 1.19 bits per heavy atom. The van der Waals surface area contributed by atoms with E-state index in [4.69, 9.17) is 19.4 Å². The third-order valence-corrected chi connectivity index (χ3v) is 10.8. The second-order valence-electron chi connectivity index (χ2n) is 12.2. The van der Waals surface area contributed by atoms with Crippen molar-refractivity contribution in [2.24, 2.45) is 0 Å². The van der Waals surface area contributed by atoms with E-state index in [1.165, 1.54) is 37.5 Å². The van der Waals surface area contributed by atoms with Crippen molar-refractivity contribution in [3.05, 3.63) is 134 Å². The van der Waals surface area contributed by atoms with E-state index in [1.54, 1.807) is 11.3 Å². The van der Waals surface area contributed by atoms with Crippen LogP contribution in [0, 0.1) is 0 Å². The summed E-state index contributed by atoms with van der Waals surface area (Å²) in [4.78, 5) is 20.2. The molecule has 6 heteroatoms. The zero-order chi connectivity index (χ0) is 31.3. The van der Waals surface area contributed by atoms with Crippen molar-refractivity contribution in [3.8, 4) is 56.4 Å². The molecule has 11 rings (SSSR count). The minimum Gasteiger partial charge on any atom is -0.456 e. The molecule has 0 bridgehead atoms. The molecule has 0 N–H and O–H groups in total. The molecule has 0 saturated heterocycles. The zero-order valence-electron chi connectivity index (χ0n) is 25.3. The van der Waals surface area contributed by atoms with Gasteiger partial charge in [-0.2, -0.15) is 0 Å². The molecule has 4 aromatic heterocycles. The molecule has 4 heterocycles. The molecular formula is C42H22N4OS. The first kappa shape index (κ1) is 25.9. The highest BCUT2D eigenvalue weighted by molar-refractivity contribution is 7.26. The molecule has 0 unspecified atom stereocenters. The van der Waals surface area contributed by atoms with E-state index in [9.17, 15) is 0 Å². The highest BCUT2D eigenvalue weighted by Crippen LogP contribution is 2.48. The van der Waals surface area contributed by atoms with E-state index in [0.717, 1.165) is 54.3 Å². The minimum atomic E-state index is 0.611. The van der Waals surface area contributed by atoms with Gasteiger partial charge in [-0.05, 0) is 47.0 Å². The van der Waals surface area contributed by atoms with Crippen molar-refractivity contribution in [1.82, 2.24) is 19.9 Å². The quantitative estimate of drug-likeness (QED) is 0.194. The largest absolute Gasteiger partial charge is 0.456 e. The maximum absolute atomic E-state index is 6.27. The molecule has 0 saturated carbocycles. The average Bonchev–Trinajstić information content (AvgIpc) is 3.82. The predicted octanol–water partition coefficient (Wildman–Crippen LogP) is 11.3. The monoisotopic (exact) mass is 630 g/mol. The van der Waals surface area contributed by atoms with E-state index in [1.807, 2.05) is 42.7 Å². The molecule has 48 heavy (non-hydrogen) atoms. The smallest absolute Gasteiger partial charge is 0.165 e. The number of aromatic nitrogens is 4. The Labute approximate surface area is 277 Å². The van der Waals surface area contributed by atoms with Gasteiger partial charge in [-0.1, -0.05) is 91.0 Å². The maximum atomic E-state index is 6.27. The number of hydrogen-bond donors (Lipinski definition) is 0. The summed E-state index contributed by atoms with van der Waals surface area (Å²) in [6.45, 7) is 0. The first-order valence-electron chi connectivity index (χ1n) is 15.9. The van der Waals surface area contributed by atoms with Gasteiger partial charge in [0.25, 0.3) is 0 Å². The summed E-state index contributed by atoms with van der Waals surface area (Å²) in [6, 6.07) is 42.2. The SMILES string of the molecule is c1cc2c3c(cncc3c1)-c1ccc(-c3nc(-c4cccc5c4sc4ccccc45)nc(-c4cccc5oc6ccccc6c45)n3)cc1-2. The Balaban J connectivity index is 1.19. The van der Waals surface area contributed by atoms with Crippen LogP contribution >= 0.6 is 11.3 Å². The van der Waals surface area contributed by atoms with Gasteiger partial charge >= 0.3 is 0 Å². The summed E-state index contributed by atoms with van der Waals surface area (Å²) in [5.74, 6) is 1.88. The molecular weight excluding hydrogens is 609 g/mol. The Kier molecular flexibility index (Phi) is 5.20. The molecule has 0 atom stereocenters. The molecule has 1 aliphatic carbocycles. The molecule has 0 amide bonds. The fraction of sp³-hybridized carbons (Fsp3) is 0. The summed E-state index contributed by atoms with van der Waals surface area (Å²) in [6.07, 6.45) is 3.91. The zero-order valence-corrected chi connectivity index (χ0v) is 26.1. The van der Waals surface area contributed by atoms with Gasteiger partial charge in [0.15, 0.2) is 17.5 Å². The summed E-state index contributed by atoms with van der Waals surface area (Å²) in [7, 11) is 0. The van der Waals surface area contributed by atoms with Crippen molar-refractivity contribution >= 4 is 64.2 Å². The molecule has 0 spiro atoms. The fourth-order valence-corrected chi connectivity index (χ4v) is 8.65. The van der Waals surface area contributed by atoms with Gasteiger partial charge in [0, 0.05) is 76.4 Å². The summed E-state index contributed by atoms with van der Waals surface area (Å²) >= 11 is 1.78. The Morgan fingerprint density at radius 3 is 2.15 bits per heavy atom. The third-order valence-electron chi connectivity index (χ3n) is 9.57. The number of thiophene rings is 1. The lowest BCUT2D eigenvalue weighted by Gasteiger charge is -2.11. The predicted molar refractivity (Wildman–Crippen MR) is 196 cm³/mol. The molecule has 1 aliphatic rings. The molecule has 5 nitrogen and oxygen atoms in total. The lowest BCUT2D eigenvalue weighted by Crippen LogP contribution is -2.00. The van der Waals surface area contributed by atoms with E-state index in [0.29, 0.717) is 17.5 Å². The number of rotatable bonds is 3. The van der Waals surface area contributed by atoms with Crippen LogP contribution in [-0.4, -0.2) is 19.9 Å². The number of fused-ring (bicyclic) bond motifs is 9. The van der Waals surface area contributed by atoms with Crippen molar-refractivity contribution in [1.29, 1.82) is 0 Å². The normalized spacial score (nSPS) is 12.2. The highest BCUT2D eigenvalue weighted by Gasteiger charge is 2.24. The van der Waals surface area contributed by atoms with Crippen LogP contribution in [0.15, 0.2) is 138 Å². The van der Waals surface area contributed by atoms with Crippen molar-refractivity contribution in [2.75, 3.05) is 0 Å². The lowest BCUT2D eigenvalue weighted by molar-refractivity contribution is 0.669. The highest BCUT2D eigenvalue weighted by atomic mass is 32.1. The first-order chi connectivity index (χ1) is 23.8. The van der Waals surface area contributed by atoms with E-state index >= 15 is 0 Å². The van der Waals surface area contributed by atoms with E-state index in [-0.39, 0.29) is 0 Å². The fourth-order valence-electron chi connectivity index (χ4n) is 7.43. The van der Waals surface area contributed by atoms with Gasteiger partial charge < -0.3 is 4.42 Å². The standard InChI is InChI=1S/C42H22N4OS/c1-3-15-34-29(10-1)38-30(13-7-16-35(38)47-34)41-44-40(23-18-19-25-32(20-23)27-11-5-8-24-21-43-22-33(25)37(24)27)45-42(46-41)31-14-6-12-28-26-9-2-4-17-36(26)48-39(28)31/h1-22H. The lowest BCUT2D eigenvalue weighted by atomic mass is 10.0. The number of hydrogen-bond acceptors (Lipinski definition) is 6. The first-order valence-corrected chi connectivity index (χ1v) is 16.7. The number of nitrogens with zero attached hydrogens (tertiary/aromatic N) is 4. The average molecular weight is 631 g/mol. The van der Waals surface area contributed by atoms with Crippen LogP contribution in [0.1, 0.15) is 0 Å². The van der Waals surface area contributed by atoms with Crippen molar-refractivity contribution < 1.29 is 4.42 Å². The van der Waals surface area contributed by atoms with Crippen LogP contribution in [0.5, 0.6) is 0 Å². The summed E-state index contributed by atoms with van der Waals surface area (Å²) < 4.78 is 8.68. The van der Waals surface area contributed by atoms with Gasteiger partial charge in [-0.3, -0.25) is 4.98 Å². The van der Waals surface area contributed by atoms with Crippen LogP contribution in [0.2, 0.25) is 0 Å². The second-order valence-corrected chi connectivity index (χ2v) is 13.3. The number of para-hydroxylation sites is 1. The van der Waals surface area contributed by atoms with Crippen LogP contribution in [-0.2, 0) is 0 Å². The molecule has 0 fully saturated rings. The molecule has 6 aromatic carbocycles. The summed E-state index contributed by atoms with van der Waals surface area (Å²) in [5, 5.41) is 6.87. The topological polar surface area (TPSA) is 64.7 Å². The second kappa shape index (κ2) is 9.64. The van der Waals surface area contributed by atoms with Crippen molar-refractivity contribution in [3.63, 3.8) is 0 Å². The minimum absolute atomic E-state index is 0.611. The molecule has 0 radical (unpaired) electrons. The Bertz CT molecular complexity index is 2970. The van der Waals surface area contributed by atoms with Crippen LogP contribution in [0.3, 0.4) is 0 Å². The third kappa shape index (κ3) is 3.60. The molecule has 0 aliphatic heterocycles. The van der Waals surface area contributed by atoms with Crippen LogP contribution < -0.4 is 0 Å². The van der Waals surface area contributed by atoms with E-state index in [2.05, 4.69) is 96.0 Å². The van der Waals surface area contributed by atoms with E-state index < -0.39 is 0 Å². The molecule has 222 valence electrons. The van der Waals surface area contributed by atoms with Gasteiger partial charge in [0.2, 0.25) is 0 Å². The van der Waals surface area contributed by atoms with Gasteiger partial charge in [-0.25, -0.2) is 15.0 Å². The summed E-state index contributed by atoms with van der Waals surface area (Å²) in [5.41, 5.74) is 9.20. The molecule has 10 aromatic rings.